The maximum absolute atomic E-state index is 11.9. The van der Waals surface area contributed by atoms with Crippen molar-refractivity contribution in [1.29, 1.82) is 0 Å². The van der Waals surface area contributed by atoms with E-state index in [4.69, 9.17) is 0 Å². The molecule has 6 heteroatoms. The summed E-state index contributed by atoms with van der Waals surface area (Å²) in [6.07, 6.45) is 2.59. The number of rotatable bonds is 2. The van der Waals surface area contributed by atoms with Crippen LogP contribution in [0.25, 0.3) is 11.0 Å². The molecule has 1 fully saturated rings. The first kappa shape index (κ1) is 11.2. The predicted octanol–water partition coefficient (Wildman–Crippen LogP) is 0.102. The molecule has 0 amide bonds. The van der Waals surface area contributed by atoms with Crippen LogP contribution in [0.2, 0.25) is 0 Å². The van der Waals surface area contributed by atoms with Crippen molar-refractivity contribution in [3.63, 3.8) is 0 Å². The van der Waals surface area contributed by atoms with Gasteiger partial charge < -0.3 is 15.2 Å². The van der Waals surface area contributed by atoms with Crippen LogP contribution in [0, 0.1) is 0 Å². The molecule has 0 radical (unpaired) electrons. The van der Waals surface area contributed by atoms with Crippen molar-refractivity contribution >= 4 is 16.9 Å². The van der Waals surface area contributed by atoms with Gasteiger partial charge in [0.1, 0.15) is 5.82 Å². The fourth-order valence-corrected chi connectivity index (χ4v) is 2.15. The smallest absolute Gasteiger partial charge is 0.279 e. The predicted molar refractivity (Wildman–Crippen MR) is 69.7 cm³/mol. The molecule has 1 aliphatic rings. The number of fused-ring (bicyclic) bond motifs is 1. The van der Waals surface area contributed by atoms with Crippen LogP contribution >= 0.6 is 0 Å². The van der Waals surface area contributed by atoms with Gasteiger partial charge in [0, 0.05) is 19.6 Å². The van der Waals surface area contributed by atoms with Crippen LogP contribution in [-0.2, 0) is 7.05 Å². The van der Waals surface area contributed by atoms with Gasteiger partial charge in [-0.1, -0.05) is 0 Å². The summed E-state index contributed by atoms with van der Waals surface area (Å²) >= 11 is 0. The van der Waals surface area contributed by atoms with Gasteiger partial charge in [-0.05, 0) is 25.1 Å². The Bertz CT molecular complexity index is 630. The zero-order valence-electron chi connectivity index (χ0n) is 10.2. The van der Waals surface area contributed by atoms with Crippen molar-refractivity contribution in [3.05, 3.63) is 28.8 Å². The zero-order valence-corrected chi connectivity index (χ0v) is 10.2. The van der Waals surface area contributed by atoms with E-state index >= 15 is 0 Å². The van der Waals surface area contributed by atoms with Crippen molar-refractivity contribution in [2.24, 2.45) is 7.05 Å². The minimum absolute atomic E-state index is 0.117. The van der Waals surface area contributed by atoms with Crippen molar-refractivity contribution < 1.29 is 0 Å². The highest BCUT2D eigenvalue weighted by molar-refractivity contribution is 5.74. The normalized spacial score (nSPS) is 19.3. The van der Waals surface area contributed by atoms with Gasteiger partial charge in [-0.25, -0.2) is 9.97 Å². The third kappa shape index (κ3) is 1.95. The number of nitrogens with zero attached hydrogens (tertiary/aromatic N) is 3. The quantitative estimate of drug-likeness (QED) is 0.785. The summed E-state index contributed by atoms with van der Waals surface area (Å²) < 4.78 is 1.44. The molecule has 0 saturated carbocycles. The lowest BCUT2D eigenvalue weighted by Crippen LogP contribution is -2.23. The van der Waals surface area contributed by atoms with Crippen LogP contribution in [-0.4, -0.2) is 33.7 Å². The average Bonchev–Trinajstić information content (AvgIpc) is 2.87. The van der Waals surface area contributed by atoms with E-state index in [9.17, 15) is 4.79 Å². The summed E-state index contributed by atoms with van der Waals surface area (Å²) in [5, 5.41) is 6.61. The number of pyridine rings is 1. The summed E-state index contributed by atoms with van der Waals surface area (Å²) in [5.74, 6) is 0.737. The molecule has 1 atom stereocenters. The first-order valence-electron chi connectivity index (χ1n) is 6.04. The fourth-order valence-electron chi connectivity index (χ4n) is 2.15. The minimum Gasteiger partial charge on any atom is -0.366 e. The van der Waals surface area contributed by atoms with Crippen LogP contribution in [0.4, 0.5) is 5.82 Å². The second kappa shape index (κ2) is 4.38. The van der Waals surface area contributed by atoms with Gasteiger partial charge in [0.2, 0.25) is 0 Å². The monoisotopic (exact) mass is 245 g/mol. The number of anilines is 1. The van der Waals surface area contributed by atoms with E-state index in [1.54, 1.807) is 7.05 Å². The molecule has 2 aromatic heterocycles. The van der Waals surface area contributed by atoms with Crippen LogP contribution < -0.4 is 16.2 Å². The highest BCUT2D eigenvalue weighted by Gasteiger charge is 2.14. The highest BCUT2D eigenvalue weighted by atomic mass is 16.1. The summed E-state index contributed by atoms with van der Waals surface area (Å²) in [7, 11) is 1.68. The lowest BCUT2D eigenvalue weighted by Gasteiger charge is -2.12. The first-order chi connectivity index (χ1) is 8.74. The van der Waals surface area contributed by atoms with Gasteiger partial charge in [-0.2, -0.15) is 0 Å². The maximum atomic E-state index is 11.9. The van der Waals surface area contributed by atoms with Crippen LogP contribution in [0.1, 0.15) is 6.42 Å². The molecule has 0 aliphatic carbocycles. The lowest BCUT2D eigenvalue weighted by atomic mass is 10.2. The molecule has 1 aliphatic heterocycles. The van der Waals surface area contributed by atoms with E-state index in [1.165, 1.54) is 10.9 Å². The van der Waals surface area contributed by atoms with Gasteiger partial charge in [0.15, 0.2) is 5.52 Å². The van der Waals surface area contributed by atoms with Crippen LogP contribution in [0.15, 0.2) is 23.3 Å². The Hall–Kier alpha value is -1.95. The second-order valence-electron chi connectivity index (χ2n) is 4.56. The van der Waals surface area contributed by atoms with Crippen molar-refractivity contribution in [2.75, 3.05) is 18.4 Å². The number of hydrogen-bond acceptors (Lipinski definition) is 5. The summed E-state index contributed by atoms with van der Waals surface area (Å²) in [5.41, 5.74) is 0.928. The first-order valence-corrected chi connectivity index (χ1v) is 6.04. The van der Waals surface area contributed by atoms with E-state index in [2.05, 4.69) is 20.6 Å². The molecule has 2 N–H and O–H groups in total. The molecule has 0 aromatic carbocycles. The summed E-state index contributed by atoms with van der Waals surface area (Å²) in [4.78, 5) is 20.5. The van der Waals surface area contributed by atoms with Crippen molar-refractivity contribution in [2.45, 2.75) is 12.5 Å². The second-order valence-corrected chi connectivity index (χ2v) is 4.56. The molecule has 0 bridgehead atoms. The Labute approximate surface area is 104 Å². The highest BCUT2D eigenvalue weighted by Crippen LogP contribution is 2.12. The molecule has 2 aromatic rings. The van der Waals surface area contributed by atoms with Gasteiger partial charge in [0.25, 0.3) is 5.56 Å². The van der Waals surface area contributed by atoms with E-state index in [0.717, 1.165) is 25.3 Å². The molecular weight excluding hydrogens is 230 g/mol. The largest absolute Gasteiger partial charge is 0.366 e. The third-order valence-electron chi connectivity index (χ3n) is 3.18. The van der Waals surface area contributed by atoms with Crippen molar-refractivity contribution in [3.8, 4) is 0 Å². The van der Waals surface area contributed by atoms with Gasteiger partial charge in [-0.15, -0.1) is 0 Å². The molecule has 3 heterocycles. The average molecular weight is 245 g/mol. The van der Waals surface area contributed by atoms with E-state index in [-0.39, 0.29) is 5.56 Å². The van der Waals surface area contributed by atoms with E-state index in [1.807, 2.05) is 12.1 Å². The molecule has 1 unspecified atom stereocenters. The standard InChI is InChI=1S/C12H15N5O/c1-17-7-14-9-2-3-10(16-11(9)12(17)18)15-8-4-5-13-6-8/h2-3,7-8,13H,4-6H2,1H3,(H,15,16). The molecule has 3 rings (SSSR count). The van der Waals surface area contributed by atoms with Crippen LogP contribution in [0.5, 0.6) is 0 Å². The topological polar surface area (TPSA) is 71.8 Å². The molecular formula is C12H15N5O. The maximum Gasteiger partial charge on any atom is 0.279 e. The number of aryl methyl sites for hydroxylation is 1. The molecule has 94 valence electrons. The van der Waals surface area contributed by atoms with Gasteiger partial charge in [0.05, 0.1) is 11.8 Å². The SMILES string of the molecule is Cn1cnc2ccc(NC3CCNC3)nc2c1=O. The molecule has 6 nitrogen and oxygen atoms in total. The Kier molecular flexibility index (Phi) is 2.71. The summed E-state index contributed by atoms with van der Waals surface area (Å²) in [6, 6.07) is 4.08. The lowest BCUT2D eigenvalue weighted by molar-refractivity contribution is 0.787. The van der Waals surface area contributed by atoms with Gasteiger partial charge >= 0.3 is 0 Å². The fraction of sp³-hybridized carbons (Fsp3) is 0.417. The number of hydrogen-bond donors (Lipinski definition) is 2. The molecule has 1 saturated heterocycles. The van der Waals surface area contributed by atoms with E-state index in [0.29, 0.717) is 17.1 Å². The van der Waals surface area contributed by atoms with Crippen molar-refractivity contribution in [1.82, 2.24) is 19.9 Å². The Morgan fingerprint density at radius 1 is 1.50 bits per heavy atom. The van der Waals surface area contributed by atoms with Gasteiger partial charge in [-0.3, -0.25) is 4.79 Å². The zero-order chi connectivity index (χ0) is 12.5. The van der Waals surface area contributed by atoms with Crippen LogP contribution in [0.3, 0.4) is 0 Å². The third-order valence-corrected chi connectivity index (χ3v) is 3.18. The van der Waals surface area contributed by atoms with E-state index < -0.39 is 0 Å². The Morgan fingerprint density at radius 2 is 2.39 bits per heavy atom. The minimum atomic E-state index is -0.117. The Morgan fingerprint density at radius 3 is 3.17 bits per heavy atom. The summed E-state index contributed by atoms with van der Waals surface area (Å²) in [6.45, 7) is 1.96. The molecule has 0 spiro atoms. The number of nitrogens with one attached hydrogen (secondary N) is 2. The molecule has 18 heavy (non-hydrogen) atoms. The number of aromatic nitrogens is 3. The Balaban J connectivity index is 1.99.